The van der Waals surface area contributed by atoms with E-state index < -0.39 is 10.9 Å². The zero-order chi connectivity index (χ0) is 18.7. The first-order valence-electron chi connectivity index (χ1n) is 7.53. The molecule has 1 amide bonds. The molecule has 8 nitrogen and oxygen atoms in total. The summed E-state index contributed by atoms with van der Waals surface area (Å²) in [6.07, 6.45) is 1.58. The molecule has 8 heteroatoms. The topological polar surface area (TPSA) is 111 Å². The summed E-state index contributed by atoms with van der Waals surface area (Å²) in [5.74, 6) is -0.501. The molecule has 0 saturated carbocycles. The van der Waals surface area contributed by atoms with Crippen molar-refractivity contribution >= 4 is 29.5 Å². The van der Waals surface area contributed by atoms with Gasteiger partial charge in [0, 0.05) is 17.7 Å². The molecule has 0 aliphatic carbocycles. The molecule has 2 aromatic carbocycles. The van der Waals surface area contributed by atoms with E-state index in [9.17, 15) is 19.7 Å². The minimum absolute atomic E-state index is 0.0415. The Morgan fingerprint density at radius 2 is 1.81 bits per heavy atom. The number of amides is 1. The number of hydrogen-bond donors (Lipinski definition) is 1. The van der Waals surface area contributed by atoms with Crippen LogP contribution in [0.2, 0.25) is 0 Å². The number of amidine groups is 1. The van der Waals surface area contributed by atoms with Crippen LogP contribution in [0.5, 0.6) is 0 Å². The number of hydrogen-bond acceptors (Lipinski definition) is 6. The van der Waals surface area contributed by atoms with E-state index in [4.69, 9.17) is 0 Å². The molecule has 1 aliphatic heterocycles. The van der Waals surface area contributed by atoms with Crippen molar-refractivity contribution in [1.29, 1.82) is 0 Å². The van der Waals surface area contributed by atoms with Crippen LogP contribution in [-0.2, 0) is 9.53 Å². The van der Waals surface area contributed by atoms with E-state index in [1.54, 1.807) is 30.3 Å². The van der Waals surface area contributed by atoms with Crippen LogP contribution in [0.25, 0.3) is 6.08 Å². The standard InChI is InChI=1S/C18H13N3O5/c1-26-18(23)13-4-2-11(3-5-13)10-15-17(22)20-16(19-15)12-6-8-14(9-7-12)21(24)25/h2-10H,1H3,(H,19,20,22)/b15-10+. The predicted octanol–water partition coefficient (Wildman–Crippen LogP) is 2.30. The van der Waals surface area contributed by atoms with Gasteiger partial charge in [-0.25, -0.2) is 9.79 Å². The first-order chi connectivity index (χ1) is 12.5. The number of carbonyl (C=O) groups excluding carboxylic acids is 2. The molecule has 0 unspecified atom stereocenters. The van der Waals surface area contributed by atoms with Gasteiger partial charge in [-0.05, 0) is 35.9 Å². The molecule has 2 aromatic rings. The van der Waals surface area contributed by atoms with Crippen molar-refractivity contribution < 1.29 is 19.2 Å². The molecular weight excluding hydrogens is 338 g/mol. The van der Waals surface area contributed by atoms with Crippen LogP contribution in [0.4, 0.5) is 5.69 Å². The third kappa shape index (κ3) is 3.48. The first-order valence-corrected chi connectivity index (χ1v) is 7.53. The Kier molecular flexibility index (Phi) is 4.57. The van der Waals surface area contributed by atoms with Crippen LogP contribution in [0.15, 0.2) is 59.2 Å². The molecule has 0 spiro atoms. The lowest BCUT2D eigenvalue weighted by atomic mass is 10.1. The van der Waals surface area contributed by atoms with Crippen molar-refractivity contribution in [3.63, 3.8) is 0 Å². The lowest BCUT2D eigenvalue weighted by Gasteiger charge is -1.99. The van der Waals surface area contributed by atoms with E-state index >= 15 is 0 Å². The third-order valence-electron chi connectivity index (χ3n) is 3.68. The number of nitrogens with one attached hydrogen (secondary N) is 1. The zero-order valence-electron chi connectivity index (χ0n) is 13.6. The van der Waals surface area contributed by atoms with Crippen molar-refractivity contribution in [2.45, 2.75) is 0 Å². The summed E-state index contributed by atoms with van der Waals surface area (Å²) in [4.78, 5) is 37.9. The van der Waals surface area contributed by atoms with Gasteiger partial charge in [0.2, 0.25) is 0 Å². The molecule has 130 valence electrons. The number of non-ortho nitro benzene ring substituents is 1. The summed E-state index contributed by atoms with van der Waals surface area (Å²) in [5, 5.41) is 13.3. The summed E-state index contributed by atoms with van der Waals surface area (Å²) in [6.45, 7) is 0. The third-order valence-corrected chi connectivity index (χ3v) is 3.68. The molecule has 1 N–H and O–H groups in total. The summed E-state index contributed by atoms with van der Waals surface area (Å²) in [5.41, 5.74) is 1.81. The van der Waals surface area contributed by atoms with Crippen molar-refractivity contribution in [2.75, 3.05) is 7.11 Å². The minimum atomic E-state index is -0.498. The molecular formula is C18H13N3O5. The molecule has 0 aromatic heterocycles. The highest BCUT2D eigenvalue weighted by atomic mass is 16.6. The number of aliphatic imine (C=N–C) groups is 1. The highest BCUT2D eigenvalue weighted by molar-refractivity contribution is 6.19. The second-order valence-corrected chi connectivity index (χ2v) is 5.36. The average Bonchev–Trinajstić information content (AvgIpc) is 3.02. The number of nitro groups is 1. The second-order valence-electron chi connectivity index (χ2n) is 5.36. The fourth-order valence-corrected chi connectivity index (χ4v) is 2.34. The van der Waals surface area contributed by atoms with Gasteiger partial charge < -0.3 is 10.1 Å². The predicted molar refractivity (Wildman–Crippen MR) is 93.5 cm³/mol. The largest absolute Gasteiger partial charge is 0.465 e. The molecule has 0 saturated heterocycles. The Morgan fingerprint density at radius 1 is 1.15 bits per heavy atom. The maximum Gasteiger partial charge on any atom is 0.337 e. The van der Waals surface area contributed by atoms with Gasteiger partial charge in [-0.15, -0.1) is 0 Å². The second kappa shape index (κ2) is 6.98. The Bertz CT molecular complexity index is 944. The number of benzene rings is 2. The average molecular weight is 351 g/mol. The van der Waals surface area contributed by atoms with E-state index in [0.717, 1.165) is 0 Å². The SMILES string of the molecule is COC(=O)c1ccc(/C=C2/N=C(c3ccc([N+](=O)[O-])cc3)NC2=O)cc1. The van der Waals surface area contributed by atoms with Crippen LogP contribution >= 0.6 is 0 Å². The van der Waals surface area contributed by atoms with E-state index in [2.05, 4.69) is 15.0 Å². The Balaban J connectivity index is 1.84. The van der Waals surface area contributed by atoms with E-state index in [-0.39, 0.29) is 17.3 Å². The van der Waals surface area contributed by atoms with Gasteiger partial charge in [0.25, 0.3) is 11.6 Å². The van der Waals surface area contributed by atoms with Gasteiger partial charge >= 0.3 is 5.97 Å². The Labute approximate surface area is 148 Å². The number of carbonyl (C=O) groups is 2. The molecule has 1 heterocycles. The Hall–Kier alpha value is -3.81. The van der Waals surface area contributed by atoms with Gasteiger partial charge in [0.1, 0.15) is 11.5 Å². The van der Waals surface area contributed by atoms with Gasteiger partial charge in [-0.3, -0.25) is 14.9 Å². The van der Waals surface area contributed by atoms with Gasteiger partial charge in [-0.2, -0.15) is 0 Å². The minimum Gasteiger partial charge on any atom is -0.465 e. The maximum atomic E-state index is 12.1. The van der Waals surface area contributed by atoms with Crippen molar-refractivity contribution in [3.05, 3.63) is 81.0 Å². The lowest BCUT2D eigenvalue weighted by Crippen LogP contribution is -2.24. The number of nitrogens with zero attached hydrogens (tertiary/aromatic N) is 2. The van der Waals surface area contributed by atoms with Crippen molar-refractivity contribution in [2.24, 2.45) is 4.99 Å². The molecule has 0 radical (unpaired) electrons. The van der Waals surface area contributed by atoms with Crippen LogP contribution in [-0.4, -0.2) is 29.7 Å². The lowest BCUT2D eigenvalue weighted by molar-refractivity contribution is -0.384. The fourth-order valence-electron chi connectivity index (χ4n) is 2.34. The van der Waals surface area contributed by atoms with E-state index in [0.29, 0.717) is 22.5 Å². The highest BCUT2D eigenvalue weighted by Crippen LogP contribution is 2.18. The van der Waals surface area contributed by atoms with E-state index in [1.165, 1.54) is 31.4 Å². The zero-order valence-corrected chi connectivity index (χ0v) is 13.6. The van der Waals surface area contributed by atoms with Crippen LogP contribution in [0.3, 0.4) is 0 Å². The molecule has 0 bridgehead atoms. The number of methoxy groups -OCH3 is 1. The normalized spacial score (nSPS) is 14.7. The van der Waals surface area contributed by atoms with Crippen molar-refractivity contribution in [1.82, 2.24) is 5.32 Å². The smallest absolute Gasteiger partial charge is 0.337 e. The quantitative estimate of drug-likeness (QED) is 0.393. The summed E-state index contributed by atoms with van der Waals surface area (Å²) in [7, 11) is 1.30. The molecule has 1 aliphatic rings. The van der Waals surface area contributed by atoms with Crippen LogP contribution in [0, 0.1) is 10.1 Å². The van der Waals surface area contributed by atoms with Crippen LogP contribution < -0.4 is 5.32 Å². The molecule has 0 fully saturated rings. The summed E-state index contributed by atoms with van der Waals surface area (Å²) >= 11 is 0. The maximum absolute atomic E-state index is 12.1. The van der Waals surface area contributed by atoms with Crippen LogP contribution in [0.1, 0.15) is 21.5 Å². The van der Waals surface area contributed by atoms with Gasteiger partial charge in [-0.1, -0.05) is 12.1 Å². The highest BCUT2D eigenvalue weighted by Gasteiger charge is 2.21. The summed E-state index contributed by atoms with van der Waals surface area (Å²) < 4.78 is 4.63. The fraction of sp³-hybridized carbons (Fsp3) is 0.0556. The van der Waals surface area contributed by atoms with Gasteiger partial charge in [0.05, 0.1) is 17.6 Å². The number of ether oxygens (including phenoxy) is 1. The first kappa shape index (κ1) is 17.0. The number of nitro benzene ring substituents is 1. The van der Waals surface area contributed by atoms with Crippen molar-refractivity contribution in [3.8, 4) is 0 Å². The molecule has 0 atom stereocenters. The van der Waals surface area contributed by atoms with E-state index in [1.807, 2.05) is 0 Å². The Morgan fingerprint density at radius 3 is 2.38 bits per heavy atom. The number of esters is 1. The molecule has 26 heavy (non-hydrogen) atoms. The van der Waals surface area contributed by atoms with Gasteiger partial charge in [0.15, 0.2) is 0 Å². The molecule has 3 rings (SSSR count). The monoisotopic (exact) mass is 351 g/mol. The summed E-state index contributed by atoms with van der Waals surface area (Å²) in [6, 6.07) is 12.3. The number of rotatable bonds is 4.